The summed E-state index contributed by atoms with van der Waals surface area (Å²) in [5.41, 5.74) is 0.534. The number of piperidine rings is 1. The summed E-state index contributed by atoms with van der Waals surface area (Å²) in [5.74, 6) is 0.854. The van der Waals surface area contributed by atoms with E-state index < -0.39 is 16.2 Å². The van der Waals surface area contributed by atoms with E-state index in [1.165, 1.54) is 12.3 Å². The van der Waals surface area contributed by atoms with E-state index in [2.05, 4.69) is 10.0 Å². The topological polar surface area (TPSA) is 101 Å². The number of benzene rings is 1. The van der Waals surface area contributed by atoms with Gasteiger partial charge in [0.15, 0.2) is 5.76 Å². The number of carbonyl (C=O) groups excluding carboxylic acids is 1. The maximum atomic E-state index is 12.6. The number of amides is 1. The highest BCUT2D eigenvalue weighted by molar-refractivity contribution is 7.89. The van der Waals surface area contributed by atoms with Crippen LogP contribution in [0.1, 0.15) is 23.4 Å². The maximum Gasteiger partial charge on any atom is 0.289 e. The first-order valence-electron chi connectivity index (χ1n) is 8.77. The van der Waals surface area contributed by atoms with Crippen LogP contribution >= 0.6 is 0 Å². The van der Waals surface area contributed by atoms with Crippen LogP contribution in [0, 0.1) is 5.92 Å². The van der Waals surface area contributed by atoms with Gasteiger partial charge in [-0.3, -0.25) is 4.79 Å². The fourth-order valence-corrected chi connectivity index (χ4v) is 4.98. The van der Waals surface area contributed by atoms with E-state index in [0.717, 1.165) is 0 Å². The molecule has 1 aromatic carbocycles. The molecule has 2 aromatic rings. The molecule has 27 heavy (non-hydrogen) atoms. The van der Waals surface area contributed by atoms with Gasteiger partial charge < -0.3 is 19.4 Å². The van der Waals surface area contributed by atoms with Gasteiger partial charge in [-0.25, -0.2) is 8.42 Å². The molecule has 1 amide bonds. The van der Waals surface area contributed by atoms with Gasteiger partial charge in [-0.1, -0.05) is 0 Å². The largest absolute Gasteiger partial charge is 0.497 e. The van der Waals surface area contributed by atoms with Crippen molar-refractivity contribution in [3.63, 3.8) is 0 Å². The molecule has 1 aromatic heterocycles. The summed E-state index contributed by atoms with van der Waals surface area (Å²) >= 11 is 0. The zero-order valence-corrected chi connectivity index (χ0v) is 15.7. The molecular formula is C18H21N3O5S. The Labute approximate surface area is 157 Å². The van der Waals surface area contributed by atoms with Crippen LogP contribution in [-0.2, 0) is 10.0 Å². The van der Waals surface area contributed by atoms with Crippen LogP contribution in [-0.4, -0.2) is 45.6 Å². The number of nitrogens with zero attached hydrogens (tertiary/aromatic N) is 1. The quantitative estimate of drug-likeness (QED) is 0.828. The highest BCUT2D eigenvalue weighted by Crippen LogP contribution is 2.33. The average molecular weight is 391 g/mol. The molecule has 0 saturated carbocycles. The Hall–Kier alpha value is -2.52. The molecular weight excluding hydrogens is 370 g/mol. The van der Waals surface area contributed by atoms with Crippen LogP contribution in [0.15, 0.2) is 45.9 Å². The van der Waals surface area contributed by atoms with E-state index >= 15 is 0 Å². The molecule has 0 bridgehead atoms. The van der Waals surface area contributed by atoms with Crippen molar-refractivity contribution < 1.29 is 22.4 Å². The highest BCUT2D eigenvalue weighted by Gasteiger charge is 2.36. The van der Waals surface area contributed by atoms with Crippen molar-refractivity contribution in [2.24, 2.45) is 5.92 Å². The van der Waals surface area contributed by atoms with Crippen LogP contribution in [0.2, 0.25) is 0 Å². The van der Waals surface area contributed by atoms with Gasteiger partial charge in [0.05, 0.1) is 25.2 Å². The zero-order valence-electron chi connectivity index (χ0n) is 14.8. The van der Waals surface area contributed by atoms with Crippen LogP contribution < -0.4 is 14.8 Å². The van der Waals surface area contributed by atoms with E-state index in [9.17, 15) is 13.2 Å². The van der Waals surface area contributed by atoms with E-state index in [-0.39, 0.29) is 16.7 Å². The smallest absolute Gasteiger partial charge is 0.289 e. The van der Waals surface area contributed by atoms with Crippen molar-refractivity contribution in [1.82, 2.24) is 9.62 Å². The summed E-state index contributed by atoms with van der Waals surface area (Å²) < 4.78 is 38.3. The first kappa shape index (κ1) is 17.9. The molecule has 1 atom stereocenters. The first-order chi connectivity index (χ1) is 13.0. The van der Waals surface area contributed by atoms with Crippen molar-refractivity contribution >= 4 is 21.6 Å². The Bertz CT molecular complexity index is 934. The van der Waals surface area contributed by atoms with Crippen molar-refractivity contribution in [1.29, 1.82) is 0 Å². The Morgan fingerprint density at radius 2 is 2.04 bits per heavy atom. The molecule has 1 saturated heterocycles. The number of likely N-dealkylation sites (tertiary alicyclic amines) is 1. The number of carbonyl (C=O) groups is 1. The third-order valence-electron chi connectivity index (χ3n) is 5.10. The first-order valence-corrected chi connectivity index (χ1v) is 10.3. The van der Waals surface area contributed by atoms with Crippen molar-refractivity contribution in [2.45, 2.75) is 23.9 Å². The molecule has 0 aliphatic carbocycles. The fourth-order valence-electron chi connectivity index (χ4n) is 3.62. The highest BCUT2D eigenvalue weighted by atomic mass is 32.2. The number of fused-ring (bicyclic) bond motifs is 1. The molecule has 2 N–H and O–H groups in total. The van der Waals surface area contributed by atoms with Gasteiger partial charge >= 0.3 is 0 Å². The van der Waals surface area contributed by atoms with Gasteiger partial charge in [0.25, 0.3) is 5.91 Å². The molecule has 1 fully saturated rings. The van der Waals surface area contributed by atoms with Gasteiger partial charge in [-0.05, 0) is 43.0 Å². The van der Waals surface area contributed by atoms with Gasteiger partial charge in [-0.15, -0.1) is 0 Å². The summed E-state index contributed by atoms with van der Waals surface area (Å²) in [5, 5.41) is 3.28. The summed E-state index contributed by atoms with van der Waals surface area (Å²) in [6, 6.07) is 8.18. The number of methoxy groups -OCH3 is 1. The van der Waals surface area contributed by atoms with Gasteiger partial charge in [-0.2, -0.15) is 4.72 Å². The lowest BCUT2D eigenvalue weighted by atomic mass is 9.93. The van der Waals surface area contributed by atoms with E-state index in [1.54, 1.807) is 36.3 Å². The normalized spacial score (nSPS) is 22.0. The molecule has 3 heterocycles. The summed E-state index contributed by atoms with van der Waals surface area (Å²) in [4.78, 5) is 14.3. The number of ether oxygens (including phenoxy) is 1. The SMILES string of the molecule is COc1ccc2c(c1)N[C@H](C1CCN(C(=O)c3ccco3)CC1)NS2(=O)=O. The summed E-state index contributed by atoms with van der Waals surface area (Å²) in [6.45, 7) is 1.10. The van der Waals surface area contributed by atoms with E-state index in [0.29, 0.717) is 43.1 Å². The van der Waals surface area contributed by atoms with Crippen LogP contribution in [0.3, 0.4) is 0 Å². The van der Waals surface area contributed by atoms with E-state index in [1.807, 2.05) is 0 Å². The molecule has 0 unspecified atom stereocenters. The monoisotopic (exact) mass is 391 g/mol. The molecule has 0 radical (unpaired) electrons. The Balaban J connectivity index is 1.46. The number of rotatable bonds is 3. The van der Waals surface area contributed by atoms with Crippen molar-refractivity contribution in [2.75, 3.05) is 25.5 Å². The number of hydrogen-bond donors (Lipinski definition) is 2. The van der Waals surface area contributed by atoms with Crippen LogP contribution in [0.25, 0.3) is 0 Å². The minimum Gasteiger partial charge on any atom is -0.497 e. The Morgan fingerprint density at radius 1 is 1.26 bits per heavy atom. The standard InChI is InChI=1S/C18H21N3O5S/c1-25-13-4-5-16-14(11-13)19-17(20-27(16,23)24)12-6-8-21(9-7-12)18(22)15-3-2-10-26-15/h2-5,10-12,17,19-20H,6-9H2,1H3/t17-/m0/s1. The Kier molecular flexibility index (Phi) is 4.56. The van der Waals surface area contributed by atoms with Gasteiger partial charge in [0.2, 0.25) is 10.0 Å². The third-order valence-corrected chi connectivity index (χ3v) is 6.60. The molecule has 8 nitrogen and oxygen atoms in total. The minimum atomic E-state index is -3.59. The van der Waals surface area contributed by atoms with Crippen LogP contribution in [0.5, 0.6) is 5.75 Å². The molecule has 144 valence electrons. The number of hydrogen-bond acceptors (Lipinski definition) is 6. The predicted octanol–water partition coefficient (Wildman–Crippen LogP) is 1.87. The number of sulfonamides is 1. The van der Waals surface area contributed by atoms with Crippen LogP contribution in [0.4, 0.5) is 5.69 Å². The van der Waals surface area contributed by atoms with Gasteiger partial charge in [0, 0.05) is 19.2 Å². The predicted molar refractivity (Wildman–Crippen MR) is 98.1 cm³/mol. The minimum absolute atomic E-state index is 0.0692. The molecule has 9 heteroatoms. The van der Waals surface area contributed by atoms with E-state index in [4.69, 9.17) is 9.15 Å². The molecule has 2 aliphatic rings. The molecule has 0 spiro atoms. The van der Waals surface area contributed by atoms with Crippen molar-refractivity contribution in [3.05, 3.63) is 42.4 Å². The lowest BCUT2D eigenvalue weighted by Crippen LogP contribution is -2.52. The summed E-state index contributed by atoms with van der Waals surface area (Å²) in [6.07, 6.45) is 2.43. The number of nitrogens with one attached hydrogen (secondary N) is 2. The lowest BCUT2D eigenvalue weighted by molar-refractivity contribution is 0.0647. The number of anilines is 1. The van der Waals surface area contributed by atoms with Crippen molar-refractivity contribution in [3.8, 4) is 5.75 Å². The third kappa shape index (κ3) is 3.40. The molecule has 2 aliphatic heterocycles. The maximum absolute atomic E-state index is 12.6. The fraction of sp³-hybridized carbons (Fsp3) is 0.389. The second kappa shape index (κ2) is 6.90. The lowest BCUT2D eigenvalue weighted by Gasteiger charge is -2.38. The molecule has 4 rings (SSSR count). The second-order valence-electron chi connectivity index (χ2n) is 6.71. The zero-order chi connectivity index (χ0) is 19.0. The number of furan rings is 1. The Morgan fingerprint density at radius 3 is 2.70 bits per heavy atom. The second-order valence-corrected chi connectivity index (χ2v) is 8.39. The average Bonchev–Trinajstić information content (AvgIpc) is 3.21. The van der Waals surface area contributed by atoms with Gasteiger partial charge in [0.1, 0.15) is 10.6 Å². The summed E-state index contributed by atoms with van der Waals surface area (Å²) in [7, 11) is -2.05.